The van der Waals surface area contributed by atoms with Crippen molar-refractivity contribution in [3.8, 4) is 6.07 Å². The third-order valence-corrected chi connectivity index (χ3v) is 4.93. The van der Waals surface area contributed by atoms with Crippen molar-refractivity contribution in [1.29, 1.82) is 5.26 Å². The second kappa shape index (κ2) is 7.81. The van der Waals surface area contributed by atoms with Gasteiger partial charge in [0.15, 0.2) is 0 Å². The van der Waals surface area contributed by atoms with Gasteiger partial charge in [0.2, 0.25) is 0 Å². The molecular formula is C18H19N5OS. The zero-order valence-corrected chi connectivity index (χ0v) is 14.8. The van der Waals surface area contributed by atoms with Crippen LogP contribution < -0.4 is 15.8 Å². The van der Waals surface area contributed by atoms with Crippen molar-refractivity contribution in [2.75, 3.05) is 18.0 Å². The number of benzene rings is 1. The smallest absolute Gasteiger partial charge is 0.257 e. The van der Waals surface area contributed by atoms with Crippen LogP contribution in [0.1, 0.15) is 22.7 Å². The zero-order chi connectivity index (χ0) is 17.6. The van der Waals surface area contributed by atoms with Gasteiger partial charge in [-0.2, -0.15) is 5.26 Å². The average Bonchev–Trinajstić information content (AvgIpc) is 3.05. The van der Waals surface area contributed by atoms with Crippen molar-refractivity contribution in [2.24, 2.45) is 0 Å². The van der Waals surface area contributed by atoms with E-state index in [1.165, 1.54) is 23.1 Å². The molecule has 0 radical (unpaired) electrons. The lowest BCUT2D eigenvalue weighted by Gasteiger charge is -2.30. The number of allylic oxidation sites excluding steroid dienone is 1. The Morgan fingerprint density at radius 2 is 2.32 bits per heavy atom. The highest BCUT2D eigenvalue weighted by Crippen LogP contribution is 2.26. The second-order valence-corrected chi connectivity index (χ2v) is 6.67. The van der Waals surface area contributed by atoms with Gasteiger partial charge >= 0.3 is 0 Å². The third kappa shape index (κ3) is 4.17. The second-order valence-electron chi connectivity index (χ2n) is 5.81. The van der Waals surface area contributed by atoms with Crippen LogP contribution in [0, 0.1) is 18.3 Å². The van der Waals surface area contributed by atoms with Gasteiger partial charge in [-0.25, -0.2) is 4.98 Å². The Balaban J connectivity index is 1.57. The van der Waals surface area contributed by atoms with E-state index in [1.807, 2.05) is 30.5 Å². The fourth-order valence-electron chi connectivity index (χ4n) is 2.80. The Hall–Kier alpha value is -2.85. The number of hydrazine groups is 1. The summed E-state index contributed by atoms with van der Waals surface area (Å²) in [5.74, 6) is -0.152. The highest BCUT2D eigenvalue weighted by Gasteiger charge is 2.18. The number of fused-ring (bicyclic) bond motifs is 1. The van der Waals surface area contributed by atoms with Crippen LogP contribution in [-0.2, 0) is 11.2 Å². The van der Waals surface area contributed by atoms with Crippen molar-refractivity contribution in [3.63, 3.8) is 0 Å². The SMILES string of the molecule is Cc1csc(/C(C#N)=C/NNC(=O)CN2CCCc3ccccc32)n1. The summed E-state index contributed by atoms with van der Waals surface area (Å²) in [6.07, 6.45) is 3.56. The average molecular weight is 353 g/mol. The molecule has 1 aromatic heterocycles. The highest BCUT2D eigenvalue weighted by molar-refractivity contribution is 7.10. The standard InChI is InChI=1S/C18H19N5OS/c1-13-12-25-18(21-13)15(9-19)10-20-22-17(24)11-23-8-4-6-14-5-2-3-7-16(14)23/h2-3,5,7,10,12,20H,4,6,8,11H2,1H3,(H,22,24)/b15-10+. The van der Waals surface area contributed by atoms with Gasteiger partial charge in [-0.15, -0.1) is 11.3 Å². The van der Waals surface area contributed by atoms with Crippen LogP contribution in [-0.4, -0.2) is 24.0 Å². The quantitative estimate of drug-likeness (QED) is 0.637. The highest BCUT2D eigenvalue weighted by atomic mass is 32.1. The number of hydrogen-bond acceptors (Lipinski definition) is 6. The number of aromatic nitrogens is 1. The lowest BCUT2D eigenvalue weighted by Crippen LogP contribution is -2.43. The summed E-state index contributed by atoms with van der Waals surface area (Å²) >= 11 is 1.40. The zero-order valence-electron chi connectivity index (χ0n) is 14.0. The van der Waals surface area contributed by atoms with Crippen LogP contribution in [0.4, 0.5) is 5.69 Å². The molecule has 1 aliphatic rings. The number of hydrogen-bond donors (Lipinski definition) is 2. The predicted molar refractivity (Wildman–Crippen MR) is 98.7 cm³/mol. The summed E-state index contributed by atoms with van der Waals surface area (Å²) in [5, 5.41) is 11.7. The molecule has 2 aromatic rings. The van der Waals surface area contributed by atoms with Crippen LogP contribution in [0.2, 0.25) is 0 Å². The Morgan fingerprint density at radius 1 is 1.48 bits per heavy atom. The number of anilines is 1. The minimum Gasteiger partial charge on any atom is -0.362 e. The maximum Gasteiger partial charge on any atom is 0.257 e. The molecule has 2 heterocycles. The topological polar surface area (TPSA) is 81.0 Å². The molecule has 0 spiro atoms. The number of amides is 1. The Labute approximate surface area is 150 Å². The summed E-state index contributed by atoms with van der Waals surface area (Å²) in [5.41, 5.74) is 8.99. The molecule has 25 heavy (non-hydrogen) atoms. The molecule has 0 saturated heterocycles. The largest absolute Gasteiger partial charge is 0.362 e. The molecule has 1 aliphatic heterocycles. The normalized spacial score (nSPS) is 13.8. The first-order valence-corrected chi connectivity index (χ1v) is 8.95. The first kappa shape index (κ1) is 17.0. The molecule has 1 amide bonds. The van der Waals surface area contributed by atoms with E-state index < -0.39 is 0 Å². The molecule has 1 aromatic carbocycles. The third-order valence-electron chi connectivity index (χ3n) is 3.94. The van der Waals surface area contributed by atoms with Crippen LogP contribution >= 0.6 is 11.3 Å². The number of para-hydroxylation sites is 1. The first-order chi connectivity index (χ1) is 12.2. The van der Waals surface area contributed by atoms with E-state index in [2.05, 4.69) is 32.9 Å². The molecule has 128 valence electrons. The maximum absolute atomic E-state index is 12.2. The number of nitrogens with one attached hydrogen (secondary N) is 2. The summed E-state index contributed by atoms with van der Waals surface area (Å²) in [7, 11) is 0. The minimum absolute atomic E-state index is 0.152. The Morgan fingerprint density at radius 3 is 3.08 bits per heavy atom. The summed E-state index contributed by atoms with van der Waals surface area (Å²) in [6, 6.07) is 10.3. The summed E-state index contributed by atoms with van der Waals surface area (Å²) < 4.78 is 0. The van der Waals surface area contributed by atoms with E-state index in [4.69, 9.17) is 0 Å². The van der Waals surface area contributed by atoms with Gasteiger partial charge in [0.1, 0.15) is 16.6 Å². The molecular weight excluding hydrogens is 334 g/mol. The Kier molecular flexibility index (Phi) is 5.31. The molecule has 6 nitrogen and oxygen atoms in total. The van der Waals surface area contributed by atoms with Crippen molar-refractivity contribution in [1.82, 2.24) is 15.8 Å². The van der Waals surface area contributed by atoms with Crippen molar-refractivity contribution in [3.05, 3.63) is 52.1 Å². The fraction of sp³-hybridized carbons (Fsp3) is 0.278. The summed E-state index contributed by atoms with van der Waals surface area (Å²) in [4.78, 5) is 18.5. The van der Waals surface area contributed by atoms with Crippen molar-refractivity contribution < 1.29 is 4.79 Å². The van der Waals surface area contributed by atoms with Crippen LogP contribution in [0.5, 0.6) is 0 Å². The number of thiazole rings is 1. The van der Waals surface area contributed by atoms with Crippen LogP contribution in [0.15, 0.2) is 35.8 Å². The lowest BCUT2D eigenvalue weighted by atomic mass is 10.0. The number of carbonyl (C=O) groups excluding carboxylic acids is 1. The summed E-state index contributed by atoms with van der Waals surface area (Å²) in [6.45, 7) is 3.01. The van der Waals surface area contributed by atoms with Gasteiger partial charge in [0, 0.05) is 29.5 Å². The van der Waals surface area contributed by atoms with Crippen molar-refractivity contribution >= 4 is 28.5 Å². The van der Waals surface area contributed by atoms with Gasteiger partial charge < -0.3 is 10.3 Å². The molecule has 0 saturated carbocycles. The number of nitriles is 1. The molecule has 2 N–H and O–H groups in total. The van der Waals surface area contributed by atoms with Gasteiger partial charge in [0.05, 0.1) is 6.54 Å². The van der Waals surface area contributed by atoms with Crippen LogP contribution in [0.25, 0.3) is 5.57 Å². The van der Waals surface area contributed by atoms with Gasteiger partial charge in [-0.3, -0.25) is 10.2 Å². The molecule has 0 bridgehead atoms. The van der Waals surface area contributed by atoms with E-state index >= 15 is 0 Å². The number of rotatable bonds is 5. The molecule has 0 aliphatic carbocycles. The van der Waals surface area contributed by atoms with E-state index in [9.17, 15) is 10.1 Å². The monoisotopic (exact) mass is 353 g/mol. The minimum atomic E-state index is -0.152. The maximum atomic E-state index is 12.2. The lowest BCUT2D eigenvalue weighted by molar-refractivity contribution is -0.120. The van der Waals surface area contributed by atoms with E-state index in [0.29, 0.717) is 10.6 Å². The van der Waals surface area contributed by atoms with Gasteiger partial charge in [-0.05, 0) is 31.4 Å². The van der Waals surface area contributed by atoms with Crippen molar-refractivity contribution in [2.45, 2.75) is 19.8 Å². The number of carbonyl (C=O) groups is 1. The number of aryl methyl sites for hydroxylation is 2. The van der Waals surface area contributed by atoms with Gasteiger partial charge in [-0.1, -0.05) is 18.2 Å². The Bertz CT molecular complexity index is 836. The van der Waals surface area contributed by atoms with E-state index in [1.54, 1.807) is 0 Å². The van der Waals surface area contributed by atoms with E-state index in [0.717, 1.165) is 30.8 Å². The van der Waals surface area contributed by atoms with Gasteiger partial charge in [0.25, 0.3) is 5.91 Å². The molecule has 0 fully saturated rings. The predicted octanol–water partition coefficient (Wildman–Crippen LogP) is 2.39. The first-order valence-electron chi connectivity index (χ1n) is 8.07. The molecule has 3 rings (SSSR count). The fourth-order valence-corrected chi connectivity index (χ4v) is 3.56. The molecule has 0 unspecified atom stereocenters. The molecule has 0 atom stereocenters. The van der Waals surface area contributed by atoms with E-state index in [-0.39, 0.29) is 12.5 Å². The number of nitrogens with zero attached hydrogens (tertiary/aromatic N) is 3. The van der Waals surface area contributed by atoms with Crippen LogP contribution in [0.3, 0.4) is 0 Å². The molecule has 7 heteroatoms.